The van der Waals surface area contributed by atoms with Gasteiger partial charge >= 0.3 is 0 Å². The summed E-state index contributed by atoms with van der Waals surface area (Å²) in [6.07, 6.45) is 0. The smallest absolute Gasteiger partial charge is 0.259 e. The van der Waals surface area contributed by atoms with E-state index in [2.05, 4.69) is 15.5 Å². The van der Waals surface area contributed by atoms with Gasteiger partial charge < -0.3 is 9.47 Å². The van der Waals surface area contributed by atoms with Crippen LogP contribution in [0, 0.1) is 0 Å². The van der Waals surface area contributed by atoms with Gasteiger partial charge in [0.25, 0.3) is 5.91 Å². The zero-order valence-corrected chi connectivity index (χ0v) is 14.8. The van der Waals surface area contributed by atoms with Gasteiger partial charge in [0, 0.05) is 0 Å². The van der Waals surface area contributed by atoms with E-state index in [0.717, 1.165) is 5.75 Å². The summed E-state index contributed by atoms with van der Waals surface area (Å²) in [6, 6.07) is 14.0. The molecule has 25 heavy (non-hydrogen) atoms. The Hall–Kier alpha value is -2.64. The highest BCUT2D eigenvalue weighted by atomic mass is 35.5. The predicted molar refractivity (Wildman–Crippen MR) is 96.6 cm³/mol. The Morgan fingerprint density at radius 2 is 1.84 bits per heavy atom. The molecular formula is C17H14ClN3O3S. The normalized spacial score (nSPS) is 10.3. The van der Waals surface area contributed by atoms with Crippen LogP contribution in [0.4, 0.5) is 5.13 Å². The fourth-order valence-electron chi connectivity index (χ4n) is 1.99. The average Bonchev–Trinajstić information content (AvgIpc) is 3.08. The van der Waals surface area contributed by atoms with Crippen LogP contribution in [0.5, 0.6) is 11.5 Å². The molecule has 1 amide bonds. The van der Waals surface area contributed by atoms with E-state index in [0.29, 0.717) is 26.5 Å². The van der Waals surface area contributed by atoms with E-state index in [1.165, 1.54) is 11.3 Å². The molecule has 2 aromatic carbocycles. The fourth-order valence-corrected chi connectivity index (χ4v) is 2.86. The van der Waals surface area contributed by atoms with Crippen LogP contribution in [0.1, 0.15) is 15.4 Å². The lowest BCUT2D eigenvalue weighted by molar-refractivity contribution is 0.102. The summed E-state index contributed by atoms with van der Waals surface area (Å²) in [4.78, 5) is 12.2. The van der Waals surface area contributed by atoms with Crippen molar-refractivity contribution in [2.45, 2.75) is 6.61 Å². The van der Waals surface area contributed by atoms with Crippen molar-refractivity contribution >= 4 is 34.0 Å². The molecule has 0 fully saturated rings. The van der Waals surface area contributed by atoms with E-state index in [4.69, 9.17) is 21.1 Å². The van der Waals surface area contributed by atoms with E-state index in [1.807, 2.05) is 12.1 Å². The minimum absolute atomic E-state index is 0.256. The van der Waals surface area contributed by atoms with Gasteiger partial charge in [0.05, 0.1) is 17.7 Å². The van der Waals surface area contributed by atoms with Crippen molar-refractivity contribution in [2.75, 3.05) is 12.4 Å². The van der Waals surface area contributed by atoms with Crippen LogP contribution in [-0.2, 0) is 6.61 Å². The lowest BCUT2D eigenvalue weighted by Gasteiger charge is -2.04. The number of carbonyl (C=O) groups excluding carboxylic acids is 1. The Bertz CT molecular complexity index is 868. The Kier molecular flexibility index (Phi) is 5.47. The number of hydrogen-bond donors (Lipinski definition) is 1. The molecule has 0 bridgehead atoms. The minimum atomic E-state index is -0.329. The van der Waals surface area contributed by atoms with Crippen LogP contribution in [0.15, 0.2) is 48.5 Å². The van der Waals surface area contributed by atoms with Gasteiger partial charge in [0.2, 0.25) is 5.13 Å². The molecule has 1 N–H and O–H groups in total. The van der Waals surface area contributed by atoms with Gasteiger partial charge in [0.15, 0.2) is 5.01 Å². The standard InChI is InChI=1S/C17H14ClN3O3S/c1-23-11-6-8-12(9-7-11)24-10-15-20-21-17(25-15)19-16(22)13-4-2-3-5-14(13)18/h2-9H,10H2,1H3,(H,19,21,22). The van der Waals surface area contributed by atoms with Gasteiger partial charge in [0.1, 0.15) is 18.1 Å². The van der Waals surface area contributed by atoms with Crippen LogP contribution in [0.3, 0.4) is 0 Å². The Morgan fingerprint density at radius 1 is 1.12 bits per heavy atom. The van der Waals surface area contributed by atoms with Crippen LogP contribution < -0.4 is 14.8 Å². The molecule has 3 rings (SSSR count). The first kappa shape index (κ1) is 17.2. The fraction of sp³-hybridized carbons (Fsp3) is 0.118. The largest absolute Gasteiger partial charge is 0.497 e. The number of rotatable bonds is 6. The number of nitrogens with one attached hydrogen (secondary N) is 1. The van der Waals surface area contributed by atoms with E-state index < -0.39 is 0 Å². The summed E-state index contributed by atoms with van der Waals surface area (Å²) in [5.74, 6) is 1.12. The van der Waals surface area contributed by atoms with Crippen molar-refractivity contribution in [1.82, 2.24) is 10.2 Å². The number of amides is 1. The predicted octanol–water partition coefficient (Wildman–Crippen LogP) is 4.03. The third-order valence-corrected chi connectivity index (χ3v) is 4.37. The van der Waals surface area contributed by atoms with Crippen molar-refractivity contribution in [2.24, 2.45) is 0 Å². The third-order valence-electron chi connectivity index (χ3n) is 3.23. The first-order valence-electron chi connectivity index (χ1n) is 7.31. The zero-order valence-electron chi connectivity index (χ0n) is 13.2. The van der Waals surface area contributed by atoms with Crippen LogP contribution in [-0.4, -0.2) is 23.2 Å². The quantitative estimate of drug-likeness (QED) is 0.704. The molecule has 0 aliphatic rings. The molecule has 6 nitrogen and oxygen atoms in total. The Morgan fingerprint density at radius 3 is 2.56 bits per heavy atom. The van der Waals surface area contributed by atoms with Crippen molar-refractivity contribution in [3.8, 4) is 11.5 Å². The molecule has 0 saturated carbocycles. The monoisotopic (exact) mass is 375 g/mol. The molecule has 3 aromatic rings. The molecular weight excluding hydrogens is 362 g/mol. The number of aromatic nitrogens is 2. The molecule has 0 aliphatic heterocycles. The van der Waals surface area contributed by atoms with E-state index in [9.17, 15) is 4.79 Å². The summed E-state index contributed by atoms with van der Waals surface area (Å²) in [5, 5.41) is 12.0. The maximum atomic E-state index is 12.2. The number of ether oxygens (including phenoxy) is 2. The number of halogens is 1. The molecule has 0 unspecified atom stereocenters. The first-order chi connectivity index (χ1) is 12.2. The van der Waals surface area contributed by atoms with Crippen molar-refractivity contribution in [3.05, 3.63) is 64.1 Å². The van der Waals surface area contributed by atoms with Crippen molar-refractivity contribution in [1.29, 1.82) is 0 Å². The van der Waals surface area contributed by atoms with E-state index in [-0.39, 0.29) is 12.5 Å². The number of hydrogen-bond acceptors (Lipinski definition) is 6. The first-order valence-corrected chi connectivity index (χ1v) is 8.50. The number of carbonyl (C=O) groups is 1. The van der Waals surface area contributed by atoms with E-state index in [1.54, 1.807) is 43.5 Å². The maximum Gasteiger partial charge on any atom is 0.259 e. The summed E-state index contributed by atoms with van der Waals surface area (Å²) >= 11 is 7.25. The van der Waals surface area contributed by atoms with Gasteiger partial charge in [-0.3, -0.25) is 10.1 Å². The zero-order chi connectivity index (χ0) is 17.6. The summed E-state index contributed by atoms with van der Waals surface area (Å²) in [6.45, 7) is 0.256. The van der Waals surface area contributed by atoms with Crippen molar-refractivity contribution < 1.29 is 14.3 Å². The maximum absolute atomic E-state index is 12.2. The Labute approximate surface area is 153 Å². The average molecular weight is 376 g/mol. The molecule has 1 aromatic heterocycles. The van der Waals surface area contributed by atoms with E-state index >= 15 is 0 Å². The van der Waals surface area contributed by atoms with Crippen molar-refractivity contribution in [3.63, 3.8) is 0 Å². The van der Waals surface area contributed by atoms with Crippen LogP contribution >= 0.6 is 22.9 Å². The second kappa shape index (κ2) is 7.96. The van der Waals surface area contributed by atoms with Crippen LogP contribution in [0.25, 0.3) is 0 Å². The molecule has 1 heterocycles. The summed E-state index contributed by atoms with van der Waals surface area (Å²) < 4.78 is 10.7. The highest BCUT2D eigenvalue weighted by molar-refractivity contribution is 7.15. The topological polar surface area (TPSA) is 73.3 Å². The number of benzene rings is 2. The highest BCUT2D eigenvalue weighted by Gasteiger charge is 2.13. The third kappa shape index (κ3) is 4.46. The lowest BCUT2D eigenvalue weighted by Crippen LogP contribution is -2.12. The molecule has 0 spiro atoms. The second-order valence-electron chi connectivity index (χ2n) is 4.90. The van der Waals surface area contributed by atoms with Crippen LogP contribution in [0.2, 0.25) is 5.02 Å². The number of anilines is 1. The highest BCUT2D eigenvalue weighted by Crippen LogP contribution is 2.22. The number of nitrogens with zero attached hydrogens (tertiary/aromatic N) is 2. The molecule has 0 aliphatic carbocycles. The molecule has 0 radical (unpaired) electrons. The van der Waals surface area contributed by atoms with Gasteiger partial charge in [-0.2, -0.15) is 0 Å². The number of methoxy groups -OCH3 is 1. The molecule has 0 saturated heterocycles. The SMILES string of the molecule is COc1ccc(OCc2nnc(NC(=O)c3ccccc3Cl)s2)cc1. The second-order valence-corrected chi connectivity index (χ2v) is 6.37. The lowest BCUT2D eigenvalue weighted by atomic mass is 10.2. The van der Waals surface area contributed by atoms with Gasteiger partial charge in [-0.25, -0.2) is 0 Å². The summed E-state index contributed by atoms with van der Waals surface area (Å²) in [7, 11) is 1.61. The Balaban J connectivity index is 1.58. The van der Waals surface area contributed by atoms with Gasteiger partial charge in [-0.05, 0) is 36.4 Å². The minimum Gasteiger partial charge on any atom is -0.497 e. The van der Waals surface area contributed by atoms with Gasteiger partial charge in [-0.15, -0.1) is 10.2 Å². The molecule has 8 heteroatoms. The molecule has 128 valence electrons. The molecule has 0 atom stereocenters. The van der Waals surface area contributed by atoms with Gasteiger partial charge in [-0.1, -0.05) is 35.1 Å². The summed E-state index contributed by atoms with van der Waals surface area (Å²) in [5.41, 5.74) is 0.385.